The second-order valence-electron chi connectivity index (χ2n) is 5.46. The largest absolute Gasteiger partial charge is 0.477 e. The van der Waals surface area contributed by atoms with E-state index in [4.69, 9.17) is 5.73 Å². The van der Waals surface area contributed by atoms with Gasteiger partial charge in [-0.15, -0.1) is 11.8 Å². The van der Waals surface area contributed by atoms with Crippen LogP contribution in [0.2, 0.25) is 0 Å². The number of carboxylic acid groups (broad SMARTS) is 1. The van der Waals surface area contributed by atoms with E-state index in [1.807, 2.05) is 13.8 Å². The van der Waals surface area contributed by atoms with Gasteiger partial charge in [-0.05, 0) is 11.5 Å². The molecule has 1 unspecified atom stereocenters. The SMILES string of the molecule is CC(=O)SCC1=C(C(=O)O)N2C(=O)C(N)(C(C)C)[C@H]2SC1. The average molecular weight is 330 g/mol. The first-order chi connectivity index (χ1) is 9.71. The maximum absolute atomic E-state index is 12.4. The fourth-order valence-corrected chi connectivity index (χ4v) is 4.85. The van der Waals surface area contributed by atoms with E-state index in [1.54, 1.807) is 0 Å². The fourth-order valence-electron chi connectivity index (χ4n) is 2.50. The predicted molar refractivity (Wildman–Crippen MR) is 82.6 cm³/mol. The van der Waals surface area contributed by atoms with Crippen LogP contribution in [0.4, 0.5) is 0 Å². The number of nitrogens with two attached hydrogens (primary N) is 1. The summed E-state index contributed by atoms with van der Waals surface area (Å²) in [4.78, 5) is 36.3. The van der Waals surface area contributed by atoms with Crippen LogP contribution in [0.15, 0.2) is 11.3 Å². The van der Waals surface area contributed by atoms with Crippen molar-refractivity contribution in [2.45, 2.75) is 31.7 Å². The molecule has 2 atom stereocenters. The number of hydrogen-bond donors (Lipinski definition) is 2. The normalized spacial score (nSPS) is 28.5. The molecule has 0 bridgehead atoms. The predicted octanol–water partition coefficient (Wildman–Crippen LogP) is 0.873. The van der Waals surface area contributed by atoms with Crippen LogP contribution >= 0.6 is 23.5 Å². The highest BCUT2D eigenvalue weighted by atomic mass is 32.2. The molecule has 6 nitrogen and oxygen atoms in total. The minimum absolute atomic E-state index is 0.000718. The first-order valence-electron chi connectivity index (χ1n) is 6.54. The quantitative estimate of drug-likeness (QED) is 0.738. The number of carboxylic acids is 1. The smallest absolute Gasteiger partial charge is 0.352 e. The molecule has 1 amide bonds. The van der Waals surface area contributed by atoms with E-state index in [2.05, 4.69) is 0 Å². The Morgan fingerprint density at radius 3 is 2.67 bits per heavy atom. The van der Waals surface area contributed by atoms with Crippen LogP contribution in [-0.4, -0.2) is 49.4 Å². The van der Waals surface area contributed by atoms with E-state index in [0.29, 0.717) is 17.1 Å². The van der Waals surface area contributed by atoms with E-state index < -0.39 is 11.5 Å². The molecule has 2 heterocycles. The molecule has 2 aliphatic heterocycles. The summed E-state index contributed by atoms with van der Waals surface area (Å²) in [6.45, 7) is 5.16. The van der Waals surface area contributed by atoms with Gasteiger partial charge in [0.2, 0.25) is 0 Å². The Bertz CT molecular complexity index is 546. The molecule has 0 aromatic rings. The highest BCUT2D eigenvalue weighted by Crippen LogP contribution is 2.48. The zero-order valence-electron chi connectivity index (χ0n) is 12.1. The Hall–Kier alpha value is -0.990. The summed E-state index contributed by atoms with van der Waals surface area (Å²) in [5.74, 6) is -0.792. The Kier molecular flexibility index (Phi) is 4.41. The van der Waals surface area contributed by atoms with Gasteiger partial charge >= 0.3 is 5.97 Å². The average Bonchev–Trinajstić information content (AvgIpc) is 2.41. The molecule has 0 aliphatic carbocycles. The minimum atomic E-state index is -1.14. The summed E-state index contributed by atoms with van der Waals surface area (Å²) in [7, 11) is 0. The molecule has 0 spiro atoms. The molecule has 116 valence electrons. The molecule has 1 fully saturated rings. The van der Waals surface area contributed by atoms with Gasteiger partial charge in [0, 0.05) is 18.4 Å². The van der Waals surface area contributed by atoms with Crippen molar-refractivity contribution < 1.29 is 19.5 Å². The van der Waals surface area contributed by atoms with Gasteiger partial charge in [0.25, 0.3) is 5.91 Å². The monoisotopic (exact) mass is 330 g/mol. The number of nitrogens with zero attached hydrogens (tertiary/aromatic N) is 1. The summed E-state index contributed by atoms with van der Waals surface area (Å²) in [5, 5.41) is 9.00. The summed E-state index contributed by atoms with van der Waals surface area (Å²) in [6, 6.07) is 0. The lowest BCUT2D eigenvalue weighted by atomic mass is 9.78. The summed E-state index contributed by atoms with van der Waals surface area (Å²) in [6.07, 6.45) is 0. The van der Waals surface area contributed by atoms with E-state index in [9.17, 15) is 19.5 Å². The van der Waals surface area contributed by atoms with Gasteiger partial charge in [0.1, 0.15) is 16.6 Å². The molecule has 0 saturated carbocycles. The van der Waals surface area contributed by atoms with Crippen LogP contribution in [0, 0.1) is 5.92 Å². The van der Waals surface area contributed by atoms with Gasteiger partial charge in [-0.2, -0.15) is 0 Å². The van der Waals surface area contributed by atoms with Crippen LogP contribution < -0.4 is 5.73 Å². The topological polar surface area (TPSA) is 101 Å². The van der Waals surface area contributed by atoms with Crippen molar-refractivity contribution in [2.75, 3.05) is 11.5 Å². The molecule has 8 heteroatoms. The van der Waals surface area contributed by atoms with E-state index >= 15 is 0 Å². The van der Waals surface area contributed by atoms with Crippen LogP contribution in [0.3, 0.4) is 0 Å². The van der Waals surface area contributed by atoms with Crippen molar-refractivity contribution in [1.29, 1.82) is 0 Å². The standard InChI is InChI=1S/C13H18N2O4S2/c1-6(2)13(14)11(19)15-9(10(17)18)8(4-20-7(3)16)5-21-12(13)15/h6,12H,4-5,14H2,1-3H3,(H,17,18)/t12-,13?/m1/s1. The molecule has 2 aliphatic rings. The maximum Gasteiger partial charge on any atom is 0.352 e. The maximum atomic E-state index is 12.4. The Labute approximate surface area is 131 Å². The highest BCUT2D eigenvalue weighted by Gasteiger charge is 2.63. The summed E-state index contributed by atoms with van der Waals surface area (Å²) in [5.41, 5.74) is 5.78. The van der Waals surface area contributed by atoms with E-state index in [-0.39, 0.29) is 28.0 Å². The van der Waals surface area contributed by atoms with Gasteiger partial charge in [0.05, 0.1) is 0 Å². The van der Waals surface area contributed by atoms with Crippen molar-refractivity contribution in [3.63, 3.8) is 0 Å². The third-order valence-electron chi connectivity index (χ3n) is 3.83. The molecule has 2 rings (SSSR count). The molecular weight excluding hydrogens is 312 g/mol. The molecular formula is C13H18N2O4S2. The summed E-state index contributed by atoms with van der Waals surface area (Å²) < 4.78 is 0. The van der Waals surface area contributed by atoms with Crippen molar-refractivity contribution in [3.8, 4) is 0 Å². The Balaban J connectivity index is 2.33. The number of carbonyl (C=O) groups excluding carboxylic acids is 2. The van der Waals surface area contributed by atoms with Crippen LogP contribution in [0.25, 0.3) is 0 Å². The number of thioether (sulfide) groups is 2. The second kappa shape index (κ2) is 5.66. The van der Waals surface area contributed by atoms with Crippen LogP contribution in [-0.2, 0) is 14.4 Å². The lowest BCUT2D eigenvalue weighted by Crippen LogP contribution is -2.80. The van der Waals surface area contributed by atoms with E-state index in [1.165, 1.54) is 23.6 Å². The Morgan fingerprint density at radius 1 is 1.57 bits per heavy atom. The minimum Gasteiger partial charge on any atom is -0.477 e. The third-order valence-corrected chi connectivity index (χ3v) is 6.16. The number of carbonyl (C=O) groups is 3. The van der Waals surface area contributed by atoms with Crippen molar-refractivity contribution in [1.82, 2.24) is 4.90 Å². The van der Waals surface area contributed by atoms with Gasteiger partial charge < -0.3 is 10.8 Å². The second-order valence-corrected chi connectivity index (χ2v) is 7.68. The lowest BCUT2D eigenvalue weighted by Gasteiger charge is -2.57. The van der Waals surface area contributed by atoms with Crippen LogP contribution in [0.5, 0.6) is 0 Å². The Morgan fingerprint density at radius 2 is 2.19 bits per heavy atom. The number of fused-ring (bicyclic) bond motifs is 1. The third kappa shape index (κ3) is 2.49. The molecule has 0 aromatic heterocycles. The van der Waals surface area contributed by atoms with Crippen molar-refractivity contribution in [3.05, 3.63) is 11.3 Å². The first kappa shape index (κ1) is 16.4. The van der Waals surface area contributed by atoms with Crippen molar-refractivity contribution >= 4 is 40.5 Å². The fraction of sp³-hybridized carbons (Fsp3) is 0.615. The highest BCUT2D eigenvalue weighted by molar-refractivity contribution is 8.13. The molecule has 21 heavy (non-hydrogen) atoms. The number of amides is 1. The number of aliphatic carboxylic acids is 1. The number of β-lactam (4-membered cyclic amide) rings is 1. The zero-order chi connectivity index (χ0) is 15.9. The number of hydrogen-bond acceptors (Lipinski definition) is 6. The van der Waals surface area contributed by atoms with Gasteiger partial charge in [-0.3, -0.25) is 14.5 Å². The molecule has 0 aromatic carbocycles. The number of rotatable bonds is 4. The van der Waals surface area contributed by atoms with Gasteiger partial charge in [0.15, 0.2) is 5.12 Å². The lowest BCUT2D eigenvalue weighted by molar-refractivity contribution is -0.157. The first-order valence-corrected chi connectivity index (χ1v) is 8.57. The van der Waals surface area contributed by atoms with Crippen LogP contribution in [0.1, 0.15) is 20.8 Å². The molecule has 0 radical (unpaired) electrons. The zero-order valence-corrected chi connectivity index (χ0v) is 13.7. The summed E-state index contributed by atoms with van der Waals surface area (Å²) >= 11 is 2.52. The van der Waals surface area contributed by atoms with Crippen molar-refractivity contribution in [2.24, 2.45) is 11.7 Å². The molecule has 3 N–H and O–H groups in total. The van der Waals surface area contributed by atoms with Gasteiger partial charge in [-0.25, -0.2) is 4.79 Å². The van der Waals surface area contributed by atoms with E-state index in [0.717, 1.165) is 11.8 Å². The molecule has 1 saturated heterocycles. The van der Waals surface area contributed by atoms with Gasteiger partial charge in [-0.1, -0.05) is 25.6 Å².